The Balaban J connectivity index is 1.57. The van der Waals surface area contributed by atoms with Crippen molar-refractivity contribution in [2.75, 3.05) is 18.5 Å². The van der Waals surface area contributed by atoms with Crippen LogP contribution in [0, 0.1) is 0 Å². The lowest BCUT2D eigenvalue weighted by Crippen LogP contribution is -2.20. The zero-order valence-corrected chi connectivity index (χ0v) is 12.8. The van der Waals surface area contributed by atoms with Crippen LogP contribution in [0.5, 0.6) is 0 Å². The van der Waals surface area contributed by atoms with Gasteiger partial charge < -0.3 is 10.1 Å². The summed E-state index contributed by atoms with van der Waals surface area (Å²) in [4.78, 5) is 0. The van der Waals surface area contributed by atoms with Crippen molar-refractivity contribution in [2.24, 2.45) is 0 Å². The molecular weight excluding hydrogens is 286 g/mol. The van der Waals surface area contributed by atoms with Crippen molar-refractivity contribution in [3.05, 3.63) is 29.4 Å². The Morgan fingerprint density at radius 3 is 2.67 bits per heavy atom. The van der Waals surface area contributed by atoms with Crippen LogP contribution >= 0.6 is 11.6 Å². The fourth-order valence-electron chi connectivity index (χ4n) is 2.83. The van der Waals surface area contributed by atoms with Crippen molar-refractivity contribution in [1.29, 1.82) is 0 Å². The number of hydrogen-bond acceptors (Lipinski definition) is 4. The molecule has 0 atom stereocenters. The van der Waals surface area contributed by atoms with Crippen LogP contribution in [0.1, 0.15) is 32.1 Å². The molecule has 0 bridgehead atoms. The van der Waals surface area contributed by atoms with Crippen molar-refractivity contribution in [1.82, 2.24) is 10.2 Å². The molecule has 3 rings (SSSR count). The largest absolute Gasteiger partial charge is 0.376 e. The maximum Gasteiger partial charge on any atom is 0.159 e. The van der Waals surface area contributed by atoms with Crippen LogP contribution in [0.25, 0.3) is 10.8 Å². The van der Waals surface area contributed by atoms with E-state index in [0.29, 0.717) is 17.9 Å². The minimum Gasteiger partial charge on any atom is -0.376 e. The Bertz CT molecular complexity index is 599. The Kier molecular flexibility index (Phi) is 4.88. The van der Waals surface area contributed by atoms with Gasteiger partial charge in [0.1, 0.15) is 0 Å². The summed E-state index contributed by atoms with van der Waals surface area (Å²) < 4.78 is 5.90. The third kappa shape index (κ3) is 3.63. The molecule has 21 heavy (non-hydrogen) atoms. The number of rotatable bonds is 5. The average molecular weight is 306 g/mol. The summed E-state index contributed by atoms with van der Waals surface area (Å²) in [5.41, 5.74) is 0. The average Bonchev–Trinajstić information content (AvgIpc) is 2.55. The molecular formula is C16H20ClN3O. The predicted molar refractivity (Wildman–Crippen MR) is 85.9 cm³/mol. The number of halogens is 1. The zero-order valence-electron chi connectivity index (χ0n) is 12.0. The van der Waals surface area contributed by atoms with Gasteiger partial charge in [0.15, 0.2) is 11.0 Å². The molecule has 1 N–H and O–H groups in total. The number of fused-ring (bicyclic) bond motifs is 1. The Morgan fingerprint density at radius 2 is 1.86 bits per heavy atom. The lowest BCUT2D eigenvalue weighted by atomic mass is 9.98. The fraction of sp³-hybridized carbons (Fsp3) is 0.500. The number of nitrogens with one attached hydrogen (secondary N) is 1. The maximum atomic E-state index is 6.07. The Labute approximate surface area is 129 Å². The summed E-state index contributed by atoms with van der Waals surface area (Å²) in [6.45, 7) is 1.43. The van der Waals surface area contributed by atoms with Gasteiger partial charge in [-0.1, -0.05) is 55.1 Å². The number of ether oxygens (including phenoxy) is 1. The van der Waals surface area contributed by atoms with E-state index in [1.165, 1.54) is 32.1 Å². The van der Waals surface area contributed by atoms with Crippen molar-refractivity contribution in [3.8, 4) is 0 Å². The first kappa shape index (κ1) is 14.5. The summed E-state index contributed by atoms with van der Waals surface area (Å²) in [5.74, 6) is 0.766. The van der Waals surface area contributed by atoms with E-state index in [0.717, 1.165) is 23.1 Å². The second kappa shape index (κ2) is 7.05. The van der Waals surface area contributed by atoms with Gasteiger partial charge >= 0.3 is 0 Å². The van der Waals surface area contributed by atoms with Crippen LogP contribution in [-0.2, 0) is 4.74 Å². The minimum atomic E-state index is 0.439. The molecule has 2 aromatic rings. The van der Waals surface area contributed by atoms with E-state index in [4.69, 9.17) is 16.3 Å². The first-order chi connectivity index (χ1) is 10.3. The number of nitrogens with zero attached hydrogens (tertiary/aromatic N) is 2. The van der Waals surface area contributed by atoms with E-state index >= 15 is 0 Å². The highest BCUT2D eigenvalue weighted by Crippen LogP contribution is 2.25. The minimum absolute atomic E-state index is 0.439. The van der Waals surface area contributed by atoms with Crippen molar-refractivity contribution < 1.29 is 4.74 Å². The third-order valence-corrected chi connectivity index (χ3v) is 4.22. The van der Waals surface area contributed by atoms with Gasteiger partial charge in [-0.3, -0.25) is 0 Å². The molecule has 1 aromatic carbocycles. The van der Waals surface area contributed by atoms with E-state index in [1.807, 2.05) is 24.3 Å². The summed E-state index contributed by atoms with van der Waals surface area (Å²) >= 11 is 6.07. The molecule has 1 aliphatic carbocycles. The molecule has 0 radical (unpaired) electrons. The van der Waals surface area contributed by atoms with Crippen LogP contribution in [0.3, 0.4) is 0 Å². The maximum absolute atomic E-state index is 6.07. The molecule has 1 heterocycles. The number of hydrogen-bond donors (Lipinski definition) is 1. The topological polar surface area (TPSA) is 47.0 Å². The lowest BCUT2D eigenvalue weighted by molar-refractivity contribution is 0.0347. The van der Waals surface area contributed by atoms with Crippen molar-refractivity contribution >= 4 is 28.2 Å². The van der Waals surface area contributed by atoms with Crippen molar-refractivity contribution in [2.45, 2.75) is 38.2 Å². The molecule has 1 saturated carbocycles. The van der Waals surface area contributed by atoms with Gasteiger partial charge in [0.25, 0.3) is 0 Å². The second-order valence-electron chi connectivity index (χ2n) is 5.44. The lowest BCUT2D eigenvalue weighted by Gasteiger charge is -2.22. The molecule has 0 spiro atoms. The molecule has 1 fully saturated rings. The van der Waals surface area contributed by atoms with Gasteiger partial charge in [0, 0.05) is 17.3 Å². The Hall–Kier alpha value is -1.39. The molecule has 0 saturated heterocycles. The highest BCUT2D eigenvalue weighted by atomic mass is 35.5. The number of benzene rings is 1. The quantitative estimate of drug-likeness (QED) is 0.847. The van der Waals surface area contributed by atoms with Crippen LogP contribution in [0.2, 0.25) is 5.15 Å². The normalized spacial score (nSPS) is 16.2. The van der Waals surface area contributed by atoms with Crippen LogP contribution in [-0.4, -0.2) is 29.5 Å². The van der Waals surface area contributed by atoms with E-state index in [2.05, 4.69) is 15.5 Å². The van der Waals surface area contributed by atoms with Gasteiger partial charge in [-0.2, -0.15) is 0 Å². The fourth-order valence-corrected chi connectivity index (χ4v) is 3.03. The number of aromatic nitrogens is 2. The molecule has 0 amide bonds. The van der Waals surface area contributed by atoms with Gasteiger partial charge in [-0.05, 0) is 12.8 Å². The van der Waals surface area contributed by atoms with Gasteiger partial charge in [-0.15, -0.1) is 10.2 Å². The standard InChI is InChI=1S/C16H20ClN3O/c17-15-13-8-4-5-9-14(13)16(20-19-15)18-10-11-21-12-6-2-1-3-7-12/h4-5,8-9,12H,1-3,6-7,10-11H2,(H,18,20). The number of anilines is 1. The van der Waals surface area contributed by atoms with Crippen LogP contribution in [0.4, 0.5) is 5.82 Å². The van der Waals surface area contributed by atoms with E-state index in [-0.39, 0.29) is 0 Å². The van der Waals surface area contributed by atoms with E-state index in [1.54, 1.807) is 0 Å². The van der Waals surface area contributed by atoms with Gasteiger partial charge in [0.2, 0.25) is 0 Å². The monoisotopic (exact) mass is 305 g/mol. The van der Waals surface area contributed by atoms with E-state index < -0.39 is 0 Å². The Morgan fingerprint density at radius 1 is 1.10 bits per heavy atom. The summed E-state index contributed by atoms with van der Waals surface area (Å²) in [6, 6.07) is 7.88. The highest BCUT2D eigenvalue weighted by molar-refractivity contribution is 6.34. The van der Waals surface area contributed by atoms with Crippen LogP contribution in [0.15, 0.2) is 24.3 Å². The first-order valence-electron chi connectivity index (χ1n) is 7.61. The first-order valence-corrected chi connectivity index (χ1v) is 7.99. The van der Waals surface area contributed by atoms with Gasteiger partial charge in [0.05, 0.1) is 12.7 Å². The zero-order chi connectivity index (χ0) is 14.5. The molecule has 1 aromatic heterocycles. The summed E-state index contributed by atoms with van der Waals surface area (Å²) in [7, 11) is 0. The van der Waals surface area contributed by atoms with Crippen molar-refractivity contribution in [3.63, 3.8) is 0 Å². The smallest absolute Gasteiger partial charge is 0.159 e. The van der Waals surface area contributed by atoms with Gasteiger partial charge in [-0.25, -0.2) is 0 Å². The second-order valence-corrected chi connectivity index (χ2v) is 5.80. The molecule has 0 unspecified atom stereocenters. The highest BCUT2D eigenvalue weighted by Gasteiger charge is 2.13. The summed E-state index contributed by atoms with van der Waals surface area (Å²) in [5, 5.41) is 13.8. The molecule has 0 aliphatic heterocycles. The third-order valence-electron chi connectivity index (χ3n) is 3.94. The molecule has 4 nitrogen and oxygen atoms in total. The predicted octanol–water partition coefficient (Wildman–Crippen LogP) is 4.04. The summed E-state index contributed by atoms with van der Waals surface area (Å²) in [6.07, 6.45) is 6.78. The molecule has 112 valence electrons. The molecule has 5 heteroatoms. The molecule has 1 aliphatic rings. The SMILES string of the molecule is Clc1nnc(NCCOC2CCCCC2)c2ccccc12. The van der Waals surface area contributed by atoms with Crippen LogP contribution < -0.4 is 5.32 Å². The van der Waals surface area contributed by atoms with E-state index in [9.17, 15) is 0 Å².